The van der Waals surface area contributed by atoms with Gasteiger partial charge in [0.25, 0.3) is 0 Å². The van der Waals surface area contributed by atoms with Crippen molar-refractivity contribution in [2.45, 2.75) is 19.9 Å². The fraction of sp³-hybridized carbons (Fsp3) is 0.333. The van der Waals surface area contributed by atoms with Gasteiger partial charge in [-0.15, -0.1) is 0 Å². The van der Waals surface area contributed by atoms with Crippen LogP contribution in [0.5, 0.6) is 0 Å². The third-order valence-corrected chi connectivity index (χ3v) is 3.38. The molecule has 1 N–H and O–H groups in total. The number of hydrogen-bond acceptors (Lipinski definition) is 7. The SMILES string of the molecule is C[C@@H](Cn1cncn1)C(=O)NCCc1nc(-c2ccccn2)no1. The molecule has 24 heavy (non-hydrogen) atoms. The van der Waals surface area contributed by atoms with E-state index in [0.717, 1.165) is 0 Å². The first-order chi connectivity index (χ1) is 11.7. The van der Waals surface area contributed by atoms with Gasteiger partial charge in [-0.05, 0) is 12.1 Å². The molecular weight excluding hydrogens is 310 g/mol. The van der Waals surface area contributed by atoms with Crippen LogP contribution in [0.2, 0.25) is 0 Å². The van der Waals surface area contributed by atoms with Crippen LogP contribution < -0.4 is 5.32 Å². The van der Waals surface area contributed by atoms with Crippen molar-refractivity contribution in [2.75, 3.05) is 6.54 Å². The van der Waals surface area contributed by atoms with Gasteiger partial charge in [-0.2, -0.15) is 10.1 Å². The highest BCUT2D eigenvalue weighted by atomic mass is 16.5. The summed E-state index contributed by atoms with van der Waals surface area (Å²) in [5.74, 6) is 0.629. The second-order valence-corrected chi connectivity index (χ2v) is 5.29. The molecule has 3 aromatic rings. The Morgan fingerprint density at radius 3 is 3.08 bits per heavy atom. The van der Waals surface area contributed by atoms with E-state index in [-0.39, 0.29) is 11.8 Å². The van der Waals surface area contributed by atoms with Gasteiger partial charge in [-0.3, -0.25) is 14.5 Å². The van der Waals surface area contributed by atoms with E-state index in [9.17, 15) is 4.79 Å². The molecule has 1 atom stereocenters. The Bertz CT molecular complexity index is 770. The lowest BCUT2D eigenvalue weighted by Gasteiger charge is -2.11. The van der Waals surface area contributed by atoms with Crippen LogP contribution in [0, 0.1) is 5.92 Å². The lowest BCUT2D eigenvalue weighted by molar-refractivity contribution is -0.124. The highest BCUT2D eigenvalue weighted by Gasteiger charge is 2.14. The van der Waals surface area contributed by atoms with Crippen LogP contribution in [-0.2, 0) is 17.8 Å². The average Bonchev–Trinajstić information content (AvgIpc) is 3.27. The zero-order chi connectivity index (χ0) is 16.8. The molecule has 3 rings (SSSR count). The predicted octanol–water partition coefficient (Wildman–Crippen LogP) is 0.718. The minimum absolute atomic E-state index is 0.0602. The largest absolute Gasteiger partial charge is 0.355 e. The molecule has 3 heterocycles. The summed E-state index contributed by atoms with van der Waals surface area (Å²) in [5, 5.41) is 10.7. The van der Waals surface area contributed by atoms with Gasteiger partial charge in [0.2, 0.25) is 17.6 Å². The van der Waals surface area contributed by atoms with Crippen molar-refractivity contribution in [3.8, 4) is 11.5 Å². The predicted molar refractivity (Wildman–Crippen MR) is 83.4 cm³/mol. The van der Waals surface area contributed by atoms with Gasteiger partial charge in [0.1, 0.15) is 18.3 Å². The molecular formula is C15H17N7O2. The van der Waals surface area contributed by atoms with Crippen molar-refractivity contribution in [3.63, 3.8) is 0 Å². The van der Waals surface area contributed by atoms with Crippen molar-refractivity contribution < 1.29 is 9.32 Å². The number of hydrogen-bond donors (Lipinski definition) is 1. The van der Waals surface area contributed by atoms with Crippen LogP contribution >= 0.6 is 0 Å². The number of carbonyl (C=O) groups is 1. The van der Waals surface area contributed by atoms with Crippen LogP contribution in [0.1, 0.15) is 12.8 Å². The third kappa shape index (κ3) is 4.00. The highest BCUT2D eigenvalue weighted by molar-refractivity contribution is 5.78. The van der Waals surface area contributed by atoms with Gasteiger partial charge in [-0.25, -0.2) is 4.98 Å². The second-order valence-electron chi connectivity index (χ2n) is 5.29. The van der Waals surface area contributed by atoms with Gasteiger partial charge in [0.15, 0.2) is 0 Å². The van der Waals surface area contributed by atoms with Crippen LogP contribution in [-0.4, -0.2) is 42.3 Å². The van der Waals surface area contributed by atoms with Gasteiger partial charge in [0, 0.05) is 19.2 Å². The van der Waals surface area contributed by atoms with E-state index in [1.165, 1.54) is 6.33 Å². The molecule has 3 aromatic heterocycles. The molecule has 0 unspecified atom stereocenters. The van der Waals surface area contributed by atoms with Crippen LogP contribution in [0.25, 0.3) is 11.5 Å². The smallest absolute Gasteiger partial charge is 0.228 e. The molecule has 0 aromatic carbocycles. The first kappa shape index (κ1) is 15.8. The molecule has 9 nitrogen and oxygen atoms in total. The Balaban J connectivity index is 1.46. The monoisotopic (exact) mass is 327 g/mol. The van der Waals surface area contributed by atoms with Gasteiger partial charge in [-0.1, -0.05) is 18.1 Å². The summed E-state index contributed by atoms with van der Waals surface area (Å²) in [6.45, 7) is 2.74. The average molecular weight is 327 g/mol. The second kappa shape index (κ2) is 7.44. The third-order valence-electron chi connectivity index (χ3n) is 3.38. The molecule has 9 heteroatoms. The summed E-state index contributed by atoms with van der Waals surface area (Å²) in [6, 6.07) is 5.48. The Morgan fingerprint density at radius 2 is 2.33 bits per heavy atom. The van der Waals surface area contributed by atoms with E-state index in [1.54, 1.807) is 17.2 Å². The van der Waals surface area contributed by atoms with Gasteiger partial charge < -0.3 is 9.84 Å². The number of nitrogens with zero attached hydrogens (tertiary/aromatic N) is 6. The van der Waals surface area contributed by atoms with E-state index in [2.05, 4.69) is 30.5 Å². The Labute approximate surface area is 138 Å². The molecule has 0 radical (unpaired) electrons. The molecule has 1 amide bonds. The Hall–Kier alpha value is -3.10. The van der Waals surface area contributed by atoms with Crippen molar-refractivity contribution in [1.29, 1.82) is 0 Å². The number of nitrogens with one attached hydrogen (secondary N) is 1. The maximum Gasteiger partial charge on any atom is 0.228 e. The number of rotatable bonds is 7. The van der Waals surface area contributed by atoms with E-state index < -0.39 is 0 Å². The zero-order valence-electron chi connectivity index (χ0n) is 13.2. The minimum Gasteiger partial charge on any atom is -0.355 e. The number of carbonyl (C=O) groups excluding carboxylic acids is 1. The fourth-order valence-corrected chi connectivity index (χ4v) is 2.11. The Kier molecular flexibility index (Phi) is 4.90. The standard InChI is InChI=1S/C15H17N7O2/c1-11(8-22-10-16-9-19-22)15(23)18-7-5-13-20-14(21-24-13)12-4-2-3-6-17-12/h2-4,6,9-11H,5,7-8H2,1H3,(H,18,23)/t11-/m0/s1. The summed E-state index contributed by atoms with van der Waals surface area (Å²) >= 11 is 0. The molecule has 0 spiro atoms. The molecule has 0 bridgehead atoms. The first-order valence-corrected chi connectivity index (χ1v) is 7.56. The maximum absolute atomic E-state index is 12.0. The van der Waals surface area contributed by atoms with Crippen molar-refractivity contribution in [1.82, 2.24) is 35.2 Å². The summed E-state index contributed by atoms with van der Waals surface area (Å²) in [4.78, 5) is 24.3. The molecule has 124 valence electrons. The number of aromatic nitrogens is 6. The molecule has 0 saturated heterocycles. The first-order valence-electron chi connectivity index (χ1n) is 7.56. The van der Waals surface area contributed by atoms with Gasteiger partial charge in [0.05, 0.1) is 12.5 Å². The fourth-order valence-electron chi connectivity index (χ4n) is 2.11. The van der Waals surface area contributed by atoms with E-state index in [0.29, 0.717) is 36.9 Å². The van der Waals surface area contributed by atoms with E-state index in [4.69, 9.17) is 4.52 Å². The van der Waals surface area contributed by atoms with Gasteiger partial charge >= 0.3 is 0 Å². The summed E-state index contributed by atoms with van der Waals surface area (Å²) < 4.78 is 6.80. The zero-order valence-corrected chi connectivity index (χ0v) is 13.2. The van der Waals surface area contributed by atoms with Crippen molar-refractivity contribution in [2.24, 2.45) is 5.92 Å². The Morgan fingerprint density at radius 1 is 1.42 bits per heavy atom. The molecule has 0 aliphatic carbocycles. The number of amides is 1. The van der Waals surface area contributed by atoms with Crippen LogP contribution in [0.4, 0.5) is 0 Å². The molecule has 0 fully saturated rings. The van der Waals surface area contributed by atoms with E-state index in [1.807, 2.05) is 25.1 Å². The van der Waals surface area contributed by atoms with Crippen LogP contribution in [0.15, 0.2) is 41.6 Å². The molecule has 0 aliphatic rings. The van der Waals surface area contributed by atoms with Crippen molar-refractivity contribution >= 4 is 5.91 Å². The topological polar surface area (TPSA) is 112 Å². The summed E-state index contributed by atoms with van der Waals surface area (Å²) in [6.07, 6.45) is 5.16. The highest BCUT2D eigenvalue weighted by Crippen LogP contribution is 2.11. The van der Waals surface area contributed by atoms with Crippen LogP contribution in [0.3, 0.4) is 0 Å². The minimum atomic E-state index is -0.210. The van der Waals surface area contributed by atoms with Crippen molar-refractivity contribution in [3.05, 3.63) is 42.9 Å². The lowest BCUT2D eigenvalue weighted by Crippen LogP contribution is -2.33. The normalized spacial score (nSPS) is 12.0. The quantitative estimate of drug-likeness (QED) is 0.680. The molecule has 0 saturated carbocycles. The summed E-state index contributed by atoms with van der Waals surface area (Å²) in [7, 11) is 0. The lowest BCUT2D eigenvalue weighted by atomic mass is 10.1. The maximum atomic E-state index is 12.0. The molecule has 0 aliphatic heterocycles. The summed E-state index contributed by atoms with van der Waals surface area (Å²) in [5.41, 5.74) is 0.651. The number of pyridine rings is 1. The van der Waals surface area contributed by atoms with E-state index >= 15 is 0 Å².